The predicted molar refractivity (Wildman–Crippen MR) is 85.0 cm³/mol. The van der Waals surface area contributed by atoms with Gasteiger partial charge < -0.3 is 10.6 Å². The molecule has 1 rings (SSSR count). The van der Waals surface area contributed by atoms with Crippen LogP contribution in [0.2, 0.25) is 0 Å². The number of hydrogen-bond acceptors (Lipinski definition) is 3. The topological polar surface area (TPSA) is 58.2 Å². The van der Waals surface area contributed by atoms with Crippen molar-refractivity contribution in [2.75, 3.05) is 13.1 Å². The zero-order chi connectivity index (χ0) is 14.3. The molecule has 1 aromatic rings. The predicted octanol–water partition coefficient (Wildman–Crippen LogP) is 3.95. The number of rotatable bonds is 7. The van der Waals surface area contributed by atoms with Crippen molar-refractivity contribution >= 4 is 55.0 Å². The van der Waals surface area contributed by atoms with Gasteiger partial charge in [-0.25, -0.2) is 4.79 Å². The minimum absolute atomic E-state index is 0.0129. The molecule has 7 heteroatoms. The summed E-state index contributed by atoms with van der Waals surface area (Å²) in [7, 11) is 0. The van der Waals surface area contributed by atoms with E-state index in [0.717, 1.165) is 27.5 Å². The maximum absolute atomic E-state index is 11.8. The van der Waals surface area contributed by atoms with E-state index in [2.05, 4.69) is 49.4 Å². The zero-order valence-corrected chi connectivity index (χ0v) is 14.6. The van der Waals surface area contributed by atoms with Crippen LogP contribution in [0, 0.1) is 0 Å². The summed E-state index contributed by atoms with van der Waals surface area (Å²) in [6, 6.07) is 1.46. The number of unbranched alkanes of at least 4 members (excludes halogenated alkanes) is 2. The minimum atomic E-state index is -0.292. The number of thiophene rings is 1. The molecule has 1 aromatic heterocycles. The number of amides is 2. The Kier molecular flexibility index (Phi) is 7.63. The molecule has 0 saturated carbocycles. The number of carbonyl (C=O) groups is 2. The first-order valence-electron chi connectivity index (χ1n) is 6.04. The third kappa shape index (κ3) is 6.05. The van der Waals surface area contributed by atoms with Crippen molar-refractivity contribution in [1.29, 1.82) is 0 Å². The number of hydrogen-bond donors (Lipinski definition) is 2. The van der Waals surface area contributed by atoms with Gasteiger partial charge in [-0.15, -0.1) is 11.3 Å². The first kappa shape index (κ1) is 16.7. The summed E-state index contributed by atoms with van der Waals surface area (Å²) >= 11 is 8.01. The lowest BCUT2D eigenvalue weighted by molar-refractivity contribution is 0.0996. The maximum atomic E-state index is 11.8. The molecular formula is C12H16Br2N2O2S. The second-order valence-corrected chi connectivity index (χ2v) is 7.20. The molecule has 0 aliphatic rings. The van der Waals surface area contributed by atoms with E-state index in [0.29, 0.717) is 11.4 Å². The number of halogens is 2. The van der Waals surface area contributed by atoms with Crippen LogP contribution in [-0.4, -0.2) is 24.9 Å². The largest absolute Gasteiger partial charge is 0.338 e. The van der Waals surface area contributed by atoms with Crippen LogP contribution in [0.3, 0.4) is 0 Å². The van der Waals surface area contributed by atoms with Gasteiger partial charge in [-0.05, 0) is 44.3 Å². The van der Waals surface area contributed by atoms with Gasteiger partial charge in [-0.3, -0.25) is 4.79 Å². The molecule has 0 fully saturated rings. The third-order valence-electron chi connectivity index (χ3n) is 2.40. The van der Waals surface area contributed by atoms with Crippen LogP contribution in [0.15, 0.2) is 14.3 Å². The Hall–Kier alpha value is -0.400. The van der Waals surface area contributed by atoms with Crippen molar-refractivity contribution in [3.8, 4) is 0 Å². The van der Waals surface area contributed by atoms with E-state index in [9.17, 15) is 9.59 Å². The van der Waals surface area contributed by atoms with Crippen LogP contribution in [0.4, 0.5) is 4.79 Å². The van der Waals surface area contributed by atoms with Crippen molar-refractivity contribution in [3.05, 3.63) is 19.2 Å². The first-order valence-corrected chi connectivity index (χ1v) is 8.44. The molecule has 0 unspecified atom stereocenters. The lowest BCUT2D eigenvalue weighted by atomic mass is 10.2. The van der Waals surface area contributed by atoms with Gasteiger partial charge in [0.25, 0.3) is 0 Å². The normalized spacial score (nSPS) is 10.3. The molecule has 19 heavy (non-hydrogen) atoms. The molecule has 0 aromatic carbocycles. The van der Waals surface area contributed by atoms with Gasteiger partial charge in [0.05, 0.1) is 15.2 Å². The van der Waals surface area contributed by atoms with Crippen LogP contribution in [0.1, 0.15) is 35.9 Å². The number of nitrogens with one attached hydrogen (secondary N) is 2. The van der Waals surface area contributed by atoms with Crippen LogP contribution in [0.5, 0.6) is 0 Å². The highest BCUT2D eigenvalue weighted by Gasteiger charge is 2.12. The number of carbonyl (C=O) groups excluding carboxylic acids is 2. The molecule has 0 aliphatic heterocycles. The third-order valence-corrected chi connectivity index (χ3v) is 5.69. The average Bonchev–Trinajstić information content (AvgIpc) is 2.72. The fraction of sp³-hybridized carbons (Fsp3) is 0.500. The highest BCUT2D eigenvalue weighted by Crippen LogP contribution is 2.32. The summed E-state index contributed by atoms with van der Waals surface area (Å²) in [4.78, 5) is 23.9. The van der Waals surface area contributed by atoms with Gasteiger partial charge in [-0.2, -0.15) is 0 Å². The standard InChI is InChI=1S/C12H16Br2N2O2S/c1-2-3-4-5-15-12(18)16-7-9(17)10-6-8(13)11(14)19-10/h6H,2-5,7H2,1H3,(H2,15,16,18). The zero-order valence-electron chi connectivity index (χ0n) is 10.6. The summed E-state index contributed by atoms with van der Waals surface area (Å²) in [5, 5.41) is 5.29. The lowest BCUT2D eigenvalue weighted by Crippen LogP contribution is -2.38. The molecule has 106 valence electrons. The molecule has 2 N–H and O–H groups in total. The Bertz CT molecular complexity index is 429. The van der Waals surface area contributed by atoms with Crippen molar-refractivity contribution in [2.45, 2.75) is 26.2 Å². The minimum Gasteiger partial charge on any atom is -0.338 e. The van der Waals surface area contributed by atoms with Crippen molar-refractivity contribution < 1.29 is 9.59 Å². The summed E-state index contributed by atoms with van der Waals surface area (Å²) in [5.74, 6) is -0.0971. The Balaban J connectivity index is 2.28. The van der Waals surface area contributed by atoms with E-state index < -0.39 is 0 Å². The Morgan fingerprint density at radius 2 is 2.00 bits per heavy atom. The Morgan fingerprint density at radius 3 is 2.58 bits per heavy atom. The molecule has 4 nitrogen and oxygen atoms in total. The quantitative estimate of drug-likeness (QED) is 0.527. The summed E-state index contributed by atoms with van der Waals surface area (Å²) in [5.41, 5.74) is 0. The van der Waals surface area contributed by atoms with Crippen LogP contribution >= 0.6 is 43.2 Å². The first-order chi connectivity index (χ1) is 9.04. The highest BCUT2D eigenvalue weighted by atomic mass is 79.9. The molecule has 2 amide bonds. The van der Waals surface area contributed by atoms with Gasteiger partial charge >= 0.3 is 6.03 Å². The maximum Gasteiger partial charge on any atom is 0.315 e. The molecule has 0 saturated heterocycles. The smallest absolute Gasteiger partial charge is 0.315 e. The van der Waals surface area contributed by atoms with E-state index >= 15 is 0 Å². The van der Waals surface area contributed by atoms with Crippen molar-refractivity contribution in [3.63, 3.8) is 0 Å². The second kappa shape index (κ2) is 8.71. The fourth-order valence-electron chi connectivity index (χ4n) is 1.37. The molecule has 0 aliphatic carbocycles. The molecule has 0 atom stereocenters. The molecule has 0 spiro atoms. The Labute approximate surface area is 133 Å². The van der Waals surface area contributed by atoms with Gasteiger partial charge in [0.2, 0.25) is 0 Å². The summed E-state index contributed by atoms with van der Waals surface area (Å²) in [6.45, 7) is 2.76. The van der Waals surface area contributed by atoms with Crippen molar-refractivity contribution in [1.82, 2.24) is 10.6 Å². The van der Waals surface area contributed by atoms with E-state index in [1.807, 2.05) is 0 Å². The fourth-order valence-corrected chi connectivity index (χ4v) is 3.34. The SMILES string of the molecule is CCCCCNC(=O)NCC(=O)c1cc(Br)c(Br)s1. The van der Waals surface area contributed by atoms with Gasteiger partial charge in [-0.1, -0.05) is 19.8 Å². The van der Waals surface area contributed by atoms with E-state index in [1.54, 1.807) is 6.07 Å². The highest BCUT2D eigenvalue weighted by molar-refractivity contribution is 9.13. The lowest BCUT2D eigenvalue weighted by Gasteiger charge is -2.05. The van der Waals surface area contributed by atoms with Crippen LogP contribution < -0.4 is 10.6 Å². The van der Waals surface area contributed by atoms with Gasteiger partial charge in [0.1, 0.15) is 0 Å². The molecule has 0 bridgehead atoms. The molecular weight excluding hydrogens is 396 g/mol. The molecule has 1 heterocycles. The number of Topliss-reactive ketones (excluding diaryl/α,β-unsaturated/α-hetero) is 1. The number of urea groups is 1. The summed E-state index contributed by atoms with van der Waals surface area (Å²) in [6.07, 6.45) is 3.17. The Morgan fingerprint density at radius 1 is 1.26 bits per heavy atom. The summed E-state index contributed by atoms with van der Waals surface area (Å²) < 4.78 is 1.73. The van der Waals surface area contributed by atoms with Crippen LogP contribution in [0.25, 0.3) is 0 Å². The van der Waals surface area contributed by atoms with Crippen molar-refractivity contribution in [2.24, 2.45) is 0 Å². The monoisotopic (exact) mass is 410 g/mol. The second-order valence-electron chi connectivity index (χ2n) is 3.97. The van der Waals surface area contributed by atoms with E-state index in [4.69, 9.17) is 0 Å². The van der Waals surface area contributed by atoms with Crippen LogP contribution in [-0.2, 0) is 0 Å². The van der Waals surface area contributed by atoms with E-state index in [1.165, 1.54) is 11.3 Å². The number of ketones is 1. The average molecular weight is 412 g/mol. The van der Waals surface area contributed by atoms with Gasteiger partial charge in [0, 0.05) is 11.0 Å². The van der Waals surface area contributed by atoms with E-state index in [-0.39, 0.29) is 18.4 Å². The molecule has 0 radical (unpaired) electrons. The van der Waals surface area contributed by atoms with Gasteiger partial charge in [0.15, 0.2) is 5.78 Å².